The van der Waals surface area contributed by atoms with E-state index in [1.807, 2.05) is 24.3 Å². The number of ether oxygens (including phenoxy) is 3. The number of carbonyl (C=O) groups excluding carboxylic acids is 1. The number of benzene rings is 2. The Morgan fingerprint density at radius 3 is 2.56 bits per heavy atom. The van der Waals surface area contributed by atoms with E-state index in [1.54, 1.807) is 44.4 Å². The molecule has 9 heteroatoms. The van der Waals surface area contributed by atoms with Gasteiger partial charge in [0.15, 0.2) is 11.7 Å². The first-order chi connectivity index (χ1) is 15.4. The molecule has 0 bridgehead atoms. The zero-order valence-corrected chi connectivity index (χ0v) is 19.0. The third-order valence-corrected chi connectivity index (χ3v) is 5.24. The number of rotatable bonds is 7. The molecule has 2 aromatic rings. The minimum atomic E-state index is -0.483. The van der Waals surface area contributed by atoms with Crippen LogP contribution in [0.25, 0.3) is 6.08 Å². The number of nitrogens with zero attached hydrogens (tertiary/aromatic N) is 2. The van der Waals surface area contributed by atoms with E-state index >= 15 is 0 Å². The largest absolute Gasteiger partial charge is 0.497 e. The summed E-state index contributed by atoms with van der Waals surface area (Å²) in [5.41, 5.74) is 0.861. The van der Waals surface area contributed by atoms with Crippen molar-refractivity contribution < 1.29 is 23.8 Å². The van der Waals surface area contributed by atoms with Crippen LogP contribution in [0, 0.1) is 5.41 Å². The number of hydrogen-bond acceptors (Lipinski definition) is 6. The third kappa shape index (κ3) is 4.67. The number of halogens is 1. The topological polar surface area (TPSA) is 93.4 Å². The Hall–Kier alpha value is -3.59. The molecule has 4 rings (SSSR count). The van der Waals surface area contributed by atoms with Crippen LogP contribution in [0.5, 0.6) is 17.2 Å². The average molecular weight is 498 g/mol. The van der Waals surface area contributed by atoms with Gasteiger partial charge in [-0.25, -0.2) is 0 Å². The highest BCUT2D eigenvalue weighted by atomic mass is 79.9. The van der Waals surface area contributed by atoms with Crippen LogP contribution in [0.1, 0.15) is 12.5 Å². The zero-order valence-electron chi connectivity index (χ0n) is 17.4. The van der Waals surface area contributed by atoms with Crippen LogP contribution >= 0.6 is 15.9 Å². The average Bonchev–Trinajstić information content (AvgIpc) is 3.16. The first-order valence-corrected chi connectivity index (χ1v) is 10.5. The molecule has 0 aromatic heterocycles. The molecule has 8 nitrogen and oxygen atoms in total. The van der Waals surface area contributed by atoms with Gasteiger partial charge in [-0.15, -0.1) is 5.06 Å². The lowest BCUT2D eigenvalue weighted by Gasteiger charge is -2.23. The fourth-order valence-electron chi connectivity index (χ4n) is 3.07. The Morgan fingerprint density at radius 2 is 1.84 bits per heavy atom. The van der Waals surface area contributed by atoms with Gasteiger partial charge in [0.25, 0.3) is 5.91 Å². The van der Waals surface area contributed by atoms with E-state index in [1.165, 1.54) is 5.06 Å². The van der Waals surface area contributed by atoms with Gasteiger partial charge in [-0.2, -0.15) is 4.99 Å². The molecule has 0 aliphatic carbocycles. The molecular weight excluding hydrogens is 478 g/mol. The van der Waals surface area contributed by atoms with E-state index < -0.39 is 5.91 Å². The van der Waals surface area contributed by atoms with Gasteiger partial charge < -0.3 is 19.0 Å². The van der Waals surface area contributed by atoms with Gasteiger partial charge in [0.1, 0.15) is 36.2 Å². The second kappa shape index (κ2) is 9.27. The quantitative estimate of drug-likeness (QED) is 0.451. The molecule has 32 heavy (non-hydrogen) atoms. The highest BCUT2D eigenvalue weighted by Gasteiger charge is 2.34. The van der Waals surface area contributed by atoms with E-state index in [2.05, 4.69) is 20.9 Å². The van der Waals surface area contributed by atoms with E-state index in [9.17, 15) is 4.79 Å². The number of hydrogen-bond donors (Lipinski definition) is 1. The highest BCUT2D eigenvalue weighted by Crippen LogP contribution is 2.29. The molecule has 2 aliphatic rings. The Balaban J connectivity index is 1.37. The first kappa shape index (κ1) is 21.6. The number of amides is 1. The van der Waals surface area contributed by atoms with Crippen LogP contribution in [0.15, 0.2) is 69.3 Å². The number of carbonyl (C=O) groups is 1. The number of methoxy groups -OCH3 is 1. The van der Waals surface area contributed by atoms with Crippen molar-refractivity contribution in [3.05, 3.63) is 69.9 Å². The van der Waals surface area contributed by atoms with Crippen molar-refractivity contribution in [2.24, 2.45) is 4.99 Å². The zero-order chi connectivity index (χ0) is 22.7. The minimum absolute atomic E-state index is 0.0553. The Bertz CT molecular complexity index is 1150. The second-order valence-electron chi connectivity index (χ2n) is 6.88. The number of amidine groups is 2. The molecule has 2 aromatic carbocycles. The normalized spacial score (nSPS) is 16.3. The van der Waals surface area contributed by atoms with Crippen molar-refractivity contribution in [1.29, 1.82) is 5.41 Å². The van der Waals surface area contributed by atoms with Gasteiger partial charge in [0.2, 0.25) is 0 Å². The van der Waals surface area contributed by atoms with E-state index in [0.717, 1.165) is 11.5 Å². The summed E-state index contributed by atoms with van der Waals surface area (Å²) in [7, 11) is 1.62. The molecule has 2 heterocycles. The van der Waals surface area contributed by atoms with Gasteiger partial charge in [-0.1, -0.05) is 6.07 Å². The highest BCUT2D eigenvalue weighted by molar-refractivity contribution is 9.10. The number of hydroxylamine groups is 2. The van der Waals surface area contributed by atoms with Crippen molar-refractivity contribution in [3.63, 3.8) is 0 Å². The van der Waals surface area contributed by atoms with Crippen LogP contribution in [0.2, 0.25) is 0 Å². The van der Waals surface area contributed by atoms with E-state index in [0.29, 0.717) is 40.6 Å². The van der Waals surface area contributed by atoms with Crippen molar-refractivity contribution in [3.8, 4) is 17.2 Å². The fraction of sp³-hybridized carbons (Fsp3) is 0.174. The van der Waals surface area contributed by atoms with Gasteiger partial charge >= 0.3 is 0 Å². The van der Waals surface area contributed by atoms with Crippen LogP contribution < -0.4 is 14.2 Å². The summed E-state index contributed by atoms with van der Waals surface area (Å²) < 4.78 is 17.3. The summed E-state index contributed by atoms with van der Waals surface area (Å²) in [6.45, 7) is 2.46. The minimum Gasteiger partial charge on any atom is -0.497 e. The van der Waals surface area contributed by atoms with Gasteiger partial charge in [-0.3, -0.25) is 10.2 Å². The number of aliphatic imine (C=N–C) groups is 1. The van der Waals surface area contributed by atoms with Crippen LogP contribution in [-0.2, 0) is 9.63 Å². The van der Waals surface area contributed by atoms with E-state index in [-0.39, 0.29) is 11.4 Å². The summed E-state index contributed by atoms with van der Waals surface area (Å²) >= 11 is 3.49. The van der Waals surface area contributed by atoms with Gasteiger partial charge in [0.05, 0.1) is 17.2 Å². The summed E-state index contributed by atoms with van der Waals surface area (Å²) in [5, 5.41) is 9.52. The number of nitrogens with one attached hydrogen (secondary N) is 1. The molecule has 164 valence electrons. The molecular formula is C23H20BrN3O5. The monoisotopic (exact) mass is 497 g/mol. The number of fused-ring (bicyclic) bond motifs is 1. The SMILES string of the molecule is COc1ccc(OCCOc2ccc(/C=C3/C(=N)N4OC(C)=CC4=NC3=O)cc2Br)cc1. The van der Waals surface area contributed by atoms with Crippen LogP contribution in [0.3, 0.4) is 0 Å². The van der Waals surface area contributed by atoms with Gasteiger partial charge in [0, 0.05) is 6.08 Å². The molecule has 0 saturated heterocycles. The predicted octanol–water partition coefficient (Wildman–Crippen LogP) is 4.37. The van der Waals surface area contributed by atoms with Crippen LogP contribution in [-0.4, -0.2) is 43.0 Å². The third-order valence-electron chi connectivity index (χ3n) is 4.62. The maximum Gasteiger partial charge on any atom is 0.282 e. The van der Waals surface area contributed by atoms with Crippen molar-refractivity contribution in [1.82, 2.24) is 5.06 Å². The molecule has 0 radical (unpaired) electrons. The fourth-order valence-corrected chi connectivity index (χ4v) is 3.59. The van der Waals surface area contributed by atoms with Crippen molar-refractivity contribution >= 4 is 39.6 Å². The lowest BCUT2D eigenvalue weighted by atomic mass is 10.1. The maximum absolute atomic E-state index is 12.4. The molecule has 0 saturated carbocycles. The smallest absolute Gasteiger partial charge is 0.282 e. The number of allylic oxidation sites excluding steroid dienone is 1. The van der Waals surface area contributed by atoms with Gasteiger partial charge in [-0.05, 0) is 70.9 Å². The Morgan fingerprint density at radius 1 is 1.12 bits per heavy atom. The Labute approximate surface area is 193 Å². The van der Waals surface area contributed by atoms with Crippen LogP contribution in [0.4, 0.5) is 0 Å². The molecule has 0 atom stereocenters. The molecule has 0 fully saturated rings. The maximum atomic E-state index is 12.4. The first-order valence-electron chi connectivity index (χ1n) is 9.74. The second-order valence-corrected chi connectivity index (χ2v) is 7.74. The standard InChI is InChI=1S/C23H20BrN3O5/c1-14-11-21-26-23(28)18(22(25)27(21)32-14)12-15-3-8-20(19(24)13-15)31-10-9-30-17-6-4-16(29-2)5-7-17/h3-8,11-13,25H,9-10H2,1-2H3/b18-12-,25-22?. The lowest BCUT2D eigenvalue weighted by molar-refractivity contribution is -0.114. The molecule has 1 N–H and O–H groups in total. The molecule has 0 unspecified atom stereocenters. The molecule has 1 amide bonds. The summed E-state index contributed by atoms with van der Waals surface area (Å²) in [6, 6.07) is 12.7. The Kier molecular flexibility index (Phi) is 6.27. The predicted molar refractivity (Wildman–Crippen MR) is 123 cm³/mol. The molecule has 2 aliphatic heterocycles. The summed E-state index contributed by atoms with van der Waals surface area (Å²) in [5.74, 6) is 2.48. The molecule has 0 spiro atoms. The van der Waals surface area contributed by atoms with Crippen molar-refractivity contribution in [2.45, 2.75) is 6.92 Å². The van der Waals surface area contributed by atoms with Crippen molar-refractivity contribution in [2.75, 3.05) is 20.3 Å². The summed E-state index contributed by atoms with van der Waals surface area (Å²) in [6.07, 6.45) is 3.22. The van der Waals surface area contributed by atoms with E-state index in [4.69, 9.17) is 24.5 Å². The lowest BCUT2D eigenvalue weighted by Crippen LogP contribution is -2.38. The summed E-state index contributed by atoms with van der Waals surface area (Å²) in [4.78, 5) is 21.8.